The average molecular weight is 326 g/mol. The molecular formula is C11H11BrF3NO2. The van der Waals surface area contributed by atoms with Crippen LogP contribution in [-0.4, -0.2) is 19.1 Å². The molecule has 100 valence electrons. The third kappa shape index (κ3) is 3.63. The van der Waals surface area contributed by atoms with E-state index in [-0.39, 0.29) is 10.2 Å². The summed E-state index contributed by atoms with van der Waals surface area (Å²) in [5, 5.41) is 2.35. The minimum atomic E-state index is -4.48. The summed E-state index contributed by atoms with van der Waals surface area (Å²) in [5.41, 5.74) is -0.843. The highest BCUT2D eigenvalue weighted by Crippen LogP contribution is 2.37. The number of benzene rings is 1. The summed E-state index contributed by atoms with van der Waals surface area (Å²) in [7, 11) is 1.42. The van der Waals surface area contributed by atoms with Gasteiger partial charge in [0.2, 0.25) is 0 Å². The van der Waals surface area contributed by atoms with Crippen molar-refractivity contribution in [3.05, 3.63) is 28.2 Å². The van der Waals surface area contributed by atoms with E-state index in [1.165, 1.54) is 26.1 Å². The van der Waals surface area contributed by atoms with E-state index in [9.17, 15) is 18.0 Å². The Morgan fingerprint density at radius 1 is 1.44 bits per heavy atom. The van der Waals surface area contributed by atoms with Crippen LogP contribution in [0.2, 0.25) is 0 Å². The standard InChI is InChI=1S/C11H11BrF3NO2/c1-6(10(17)16-2)18-7-3-4-9(12)8(5-7)11(13,14)15/h3-6H,1-2H3,(H,16,17). The number of carbonyl (C=O) groups is 1. The zero-order valence-corrected chi connectivity index (χ0v) is 11.2. The summed E-state index contributed by atoms with van der Waals surface area (Å²) < 4.78 is 42.9. The normalized spacial score (nSPS) is 13.0. The van der Waals surface area contributed by atoms with Crippen LogP contribution in [0, 0.1) is 0 Å². The van der Waals surface area contributed by atoms with Gasteiger partial charge in [0, 0.05) is 11.5 Å². The lowest BCUT2D eigenvalue weighted by Gasteiger charge is -2.15. The Kier molecular flexibility index (Phi) is 4.61. The lowest BCUT2D eigenvalue weighted by molar-refractivity contribution is -0.138. The first-order valence-corrected chi connectivity index (χ1v) is 5.80. The Labute approximate surface area is 110 Å². The predicted octanol–water partition coefficient (Wildman–Crippen LogP) is 2.98. The first kappa shape index (κ1) is 14.8. The lowest BCUT2D eigenvalue weighted by Crippen LogP contribution is -2.33. The van der Waals surface area contributed by atoms with Crippen LogP contribution >= 0.6 is 15.9 Å². The van der Waals surface area contributed by atoms with Gasteiger partial charge in [-0.15, -0.1) is 0 Å². The molecule has 0 aliphatic carbocycles. The molecule has 3 nitrogen and oxygen atoms in total. The van der Waals surface area contributed by atoms with Crippen LogP contribution in [0.1, 0.15) is 12.5 Å². The molecule has 0 radical (unpaired) electrons. The molecule has 0 saturated carbocycles. The molecule has 0 aliphatic heterocycles. The van der Waals surface area contributed by atoms with Crippen LogP contribution in [0.5, 0.6) is 5.75 Å². The second-order valence-electron chi connectivity index (χ2n) is 3.51. The Hall–Kier alpha value is -1.24. The van der Waals surface area contributed by atoms with Crippen LogP contribution in [0.25, 0.3) is 0 Å². The van der Waals surface area contributed by atoms with Gasteiger partial charge in [0.25, 0.3) is 5.91 Å². The van der Waals surface area contributed by atoms with Crippen molar-refractivity contribution in [2.75, 3.05) is 7.05 Å². The molecule has 0 heterocycles. The topological polar surface area (TPSA) is 38.3 Å². The number of halogens is 4. The molecule has 1 N–H and O–H groups in total. The molecule has 0 fully saturated rings. The summed E-state index contributed by atoms with van der Waals surface area (Å²) >= 11 is 2.82. The summed E-state index contributed by atoms with van der Waals surface area (Å²) in [4.78, 5) is 11.2. The van der Waals surface area contributed by atoms with Crippen molar-refractivity contribution < 1.29 is 22.7 Å². The number of ether oxygens (including phenoxy) is 1. The second-order valence-corrected chi connectivity index (χ2v) is 4.37. The summed E-state index contributed by atoms with van der Waals surface area (Å²) in [6, 6.07) is 3.44. The van der Waals surface area contributed by atoms with Crippen molar-refractivity contribution in [2.24, 2.45) is 0 Å². The van der Waals surface area contributed by atoms with Gasteiger partial charge in [-0.05, 0) is 25.1 Å². The van der Waals surface area contributed by atoms with Gasteiger partial charge < -0.3 is 10.1 Å². The van der Waals surface area contributed by atoms with E-state index in [1.807, 2.05) is 0 Å². The van der Waals surface area contributed by atoms with Crippen molar-refractivity contribution >= 4 is 21.8 Å². The maximum Gasteiger partial charge on any atom is 0.417 e. The van der Waals surface area contributed by atoms with Gasteiger partial charge in [-0.2, -0.15) is 13.2 Å². The fourth-order valence-electron chi connectivity index (χ4n) is 1.26. The van der Waals surface area contributed by atoms with E-state index >= 15 is 0 Å². The quantitative estimate of drug-likeness (QED) is 0.927. The van der Waals surface area contributed by atoms with Gasteiger partial charge in [0.15, 0.2) is 6.10 Å². The molecular weight excluding hydrogens is 315 g/mol. The number of carbonyl (C=O) groups excluding carboxylic acids is 1. The molecule has 1 aromatic carbocycles. The molecule has 1 rings (SSSR count). The molecule has 1 atom stereocenters. The molecule has 0 spiro atoms. The minimum Gasteiger partial charge on any atom is -0.481 e. The lowest BCUT2D eigenvalue weighted by atomic mass is 10.2. The van der Waals surface area contributed by atoms with Crippen LogP contribution in [-0.2, 0) is 11.0 Å². The molecule has 18 heavy (non-hydrogen) atoms. The highest BCUT2D eigenvalue weighted by molar-refractivity contribution is 9.10. The van der Waals surface area contributed by atoms with Gasteiger partial charge in [-0.25, -0.2) is 0 Å². The zero-order valence-electron chi connectivity index (χ0n) is 9.64. The van der Waals surface area contributed by atoms with Gasteiger partial charge >= 0.3 is 6.18 Å². The van der Waals surface area contributed by atoms with Crippen LogP contribution in [0.3, 0.4) is 0 Å². The first-order valence-electron chi connectivity index (χ1n) is 5.00. The first-order chi connectivity index (χ1) is 8.25. The largest absolute Gasteiger partial charge is 0.481 e. The zero-order chi connectivity index (χ0) is 13.9. The number of amides is 1. The van der Waals surface area contributed by atoms with E-state index < -0.39 is 23.8 Å². The highest BCUT2D eigenvalue weighted by atomic mass is 79.9. The van der Waals surface area contributed by atoms with E-state index in [1.54, 1.807) is 0 Å². The summed E-state index contributed by atoms with van der Waals surface area (Å²) in [6.45, 7) is 1.45. The maximum atomic E-state index is 12.6. The van der Waals surface area contributed by atoms with Crippen molar-refractivity contribution in [3.63, 3.8) is 0 Å². The van der Waals surface area contributed by atoms with Crippen molar-refractivity contribution in [1.82, 2.24) is 5.32 Å². The average Bonchev–Trinajstić information content (AvgIpc) is 2.29. The van der Waals surface area contributed by atoms with Gasteiger partial charge in [-0.3, -0.25) is 4.79 Å². The van der Waals surface area contributed by atoms with Gasteiger partial charge in [-0.1, -0.05) is 15.9 Å². The van der Waals surface area contributed by atoms with Crippen LogP contribution in [0.15, 0.2) is 22.7 Å². The van der Waals surface area contributed by atoms with Gasteiger partial charge in [0.05, 0.1) is 5.56 Å². The molecule has 1 amide bonds. The van der Waals surface area contributed by atoms with Crippen molar-refractivity contribution in [1.29, 1.82) is 0 Å². The fraction of sp³-hybridized carbons (Fsp3) is 0.364. The Morgan fingerprint density at radius 2 is 2.06 bits per heavy atom. The van der Waals surface area contributed by atoms with E-state index in [4.69, 9.17) is 4.74 Å². The fourth-order valence-corrected chi connectivity index (χ4v) is 1.73. The van der Waals surface area contributed by atoms with E-state index in [0.29, 0.717) is 0 Å². The molecule has 0 saturated heterocycles. The summed E-state index contributed by atoms with van der Waals surface area (Å²) in [5.74, 6) is -0.423. The highest BCUT2D eigenvalue weighted by Gasteiger charge is 2.33. The minimum absolute atomic E-state index is 0.0124. The number of rotatable bonds is 3. The number of alkyl halides is 3. The Bertz CT molecular complexity index is 448. The molecule has 7 heteroatoms. The summed E-state index contributed by atoms with van der Waals surface area (Å²) in [6.07, 6.45) is -5.34. The van der Waals surface area contributed by atoms with Crippen molar-refractivity contribution in [2.45, 2.75) is 19.2 Å². The number of likely N-dealkylation sites (N-methyl/N-ethyl adjacent to an activating group) is 1. The molecule has 1 unspecified atom stereocenters. The smallest absolute Gasteiger partial charge is 0.417 e. The number of nitrogens with one attached hydrogen (secondary N) is 1. The monoisotopic (exact) mass is 325 g/mol. The Balaban J connectivity index is 2.96. The van der Waals surface area contributed by atoms with E-state index in [2.05, 4.69) is 21.2 Å². The van der Waals surface area contributed by atoms with Gasteiger partial charge in [0.1, 0.15) is 5.75 Å². The van der Waals surface area contributed by atoms with E-state index in [0.717, 1.165) is 6.07 Å². The molecule has 0 aromatic heterocycles. The maximum absolute atomic E-state index is 12.6. The third-order valence-corrected chi connectivity index (χ3v) is 2.86. The molecule has 0 aliphatic rings. The number of hydrogen-bond donors (Lipinski definition) is 1. The third-order valence-electron chi connectivity index (χ3n) is 2.17. The van der Waals surface area contributed by atoms with Crippen LogP contribution in [0.4, 0.5) is 13.2 Å². The van der Waals surface area contributed by atoms with Crippen molar-refractivity contribution in [3.8, 4) is 5.75 Å². The predicted molar refractivity (Wildman–Crippen MR) is 63.3 cm³/mol. The molecule has 0 bridgehead atoms. The van der Waals surface area contributed by atoms with Crippen LogP contribution < -0.4 is 10.1 Å². The Morgan fingerprint density at radius 3 is 2.56 bits per heavy atom. The second kappa shape index (κ2) is 5.60. The number of hydrogen-bond acceptors (Lipinski definition) is 2. The molecule has 1 aromatic rings. The SMILES string of the molecule is CNC(=O)C(C)Oc1ccc(Br)c(C(F)(F)F)c1.